The molecule has 152 valence electrons. The minimum Gasteiger partial charge on any atom is -0.494 e. The number of aromatic nitrogens is 4. The van der Waals surface area contributed by atoms with Crippen molar-refractivity contribution < 1.29 is 9.90 Å². The molecule has 0 unspecified atom stereocenters. The predicted octanol–water partition coefficient (Wildman–Crippen LogP) is 2.28. The second-order valence-electron chi connectivity index (χ2n) is 8.54. The lowest BCUT2D eigenvalue weighted by Gasteiger charge is -2.23. The number of pyridine rings is 1. The van der Waals surface area contributed by atoms with Crippen LogP contribution in [0.4, 0.5) is 11.6 Å². The van der Waals surface area contributed by atoms with E-state index in [4.69, 9.17) is 0 Å². The zero-order valence-electron chi connectivity index (χ0n) is 16.6. The molecule has 1 aliphatic carbocycles. The van der Waals surface area contributed by atoms with Crippen LogP contribution in [0.15, 0.2) is 35.3 Å². The van der Waals surface area contributed by atoms with E-state index < -0.39 is 11.5 Å². The zero-order valence-corrected chi connectivity index (χ0v) is 16.6. The summed E-state index contributed by atoms with van der Waals surface area (Å²) in [6, 6.07) is 7.12. The van der Waals surface area contributed by atoms with Crippen molar-refractivity contribution in [2.75, 3.05) is 5.32 Å². The molecule has 3 aromatic rings. The first-order chi connectivity index (χ1) is 13.7. The summed E-state index contributed by atoms with van der Waals surface area (Å²) in [4.78, 5) is 29.8. The molecule has 9 heteroatoms. The Morgan fingerprint density at radius 3 is 2.66 bits per heavy atom. The highest BCUT2D eigenvalue weighted by Crippen LogP contribution is 2.27. The van der Waals surface area contributed by atoms with Gasteiger partial charge in [-0.15, -0.1) is 5.10 Å². The van der Waals surface area contributed by atoms with Crippen molar-refractivity contribution in [3.8, 4) is 5.88 Å². The molecule has 1 amide bonds. The Morgan fingerprint density at radius 1 is 1.28 bits per heavy atom. The Kier molecular flexibility index (Phi) is 4.52. The molecular weight excluding hydrogens is 372 g/mol. The first-order valence-corrected chi connectivity index (χ1v) is 9.57. The van der Waals surface area contributed by atoms with Gasteiger partial charge < -0.3 is 15.7 Å². The smallest absolute Gasteiger partial charge is 0.291 e. The first-order valence-electron chi connectivity index (χ1n) is 9.57. The average molecular weight is 396 g/mol. The fourth-order valence-electron chi connectivity index (χ4n) is 3.10. The highest BCUT2D eigenvalue weighted by molar-refractivity contribution is 5.96. The molecule has 0 spiro atoms. The van der Waals surface area contributed by atoms with E-state index in [0.29, 0.717) is 23.8 Å². The number of hydrogen-bond donors (Lipinski definition) is 3. The number of hydrogen-bond acceptors (Lipinski definition) is 6. The number of nitrogens with one attached hydrogen (secondary N) is 2. The Labute approximate surface area is 167 Å². The third kappa shape index (κ3) is 3.94. The number of rotatable bonds is 5. The summed E-state index contributed by atoms with van der Waals surface area (Å²) in [6.45, 7) is 6.41. The van der Waals surface area contributed by atoms with Crippen molar-refractivity contribution in [1.29, 1.82) is 0 Å². The van der Waals surface area contributed by atoms with Gasteiger partial charge in [-0.05, 0) is 30.4 Å². The number of aromatic hydroxyl groups is 1. The van der Waals surface area contributed by atoms with E-state index in [1.165, 1.54) is 0 Å². The highest BCUT2D eigenvalue weighted by atomic mass is 16.3. The molecule has 3 aromatic heterocycles. The summed E-state index contributed by atoms with van der Waals surface area (Å²) >= 11 is 0. The standard InChI is InChI=1S/C20H24N6O3/c1-20(2,3)11-25-15-10-14(23-13-6-4-5-9-21-13)24-26(15)19(29)16(18(25)28)17(27)22-12-7-8-12/h4-6,9-10,12,28H,7-8,11H2,1-3H3,(H,22,27)(H,21,23,24). The van der Waals surface area contributed by atoms with Crippen molar-refractivity contribution in [3.63, 3.8) is 0 Å². The van der Waals surface area contributed by atoms with E-state index >= 15 is 0 Å². The normalized spacial score (nSPS) is 14.2. The van der Waals surface area contributed by atoms with Crippen molar-refractivity contribution >= 4 is 23.2 Å². The van der Waals surface area contributed by atoms with Crippen LogP contribution in [0.3, 0.4) is 0 Å². The molecule has 0 saturated heterocycles. The fraction of sp³-hybridized carbons (Fsp3) is 0.400. The molecular formula is C20H24N6O3. The minimum absolute atomic E-state index is 0.0621. The zero-order chi connectivity index (χ0) is 20.8. The van der Waals surface area contributed by atoms with Crippen LogP contribution in [0.1, 0.15) is 44.0 Å². The first kappa shape index (κ1) is 19.0. The van der Waals surface area contributed by atoms with Crippen LogP contribution in [0, 0.1) is 5.41 Å². The van der Waals surface area contributed by atoms with Crippen LogP contribution in [0.2, 0.25) is 0 Å². The van der Waals surface area contributed by atoms with E-state index in [1.807, 2.05) is 26.8 Å². The maximum absolute atomic E-state index is 13.0. The van der Waals surface area contributed by atoms with Gasteiger partial charge in [0.15, 0.2) is 11.4 Å². The van der Waals surface area contributed by atoms with Gasteiger partial charge >= 0.3 is 0 Å². The third-order valence-corrected chi connectivity index (χ3v) is 4.55. The van der Waals surface area contributed by atoms with E-state index in [1.54, 1.807) is 29.0 Å². The van der Waals surface area contributed by atoms with Gasteiger partial charge in [0.25, 0.3) is 11.5 Å². The molecule has 4 rings (SSSR count). The van der Waals surface area contributed by atoms with Crippen molar-refractivity contribution in [2.24, 2.45) is 5.41 Å². The van der Waals surface area contributed by atoms with Gasteiger partial charge in [-0.2, -0.15) is 4.52 Å². The van der Waals surface area contributed by atoms with Crippen LogP contribution in [0.25, 0.3) is 5.65 Å². The maximum Gasteiger partial charge on any atom is 0.291 e. The molecule has 3 heterocycles. The fourth-order valence-corrected chi connectivity index (χ4v) is 3.10. The molecule has 0 bridgehead atoms. The summed E-state index contributed by atoms with van der Waals surface area (Å²) in [6.07, 6.45) is 3.40. The van der Waals surface area contributed by atoms with Gasteiger partial charge in [0, 0.05) is 24.8 Å². The Balaban J connectivity index is 1.85. The molecule has 0 aromatic carbocycles. The van der Waals surface area contributed by atoms with Gasteiger partial charge in [0.2, 0.25) is 5.88 Å². The number of nitrogens with zero attached hydrogens (tertiary/aromatic N) is 4. The minimum atomic E-state index is -0.658. The SMILES string of the molecule is CC(C)(C)Cn1c(O)c(C(=O)NC2CC2)c(=O)n2nc(Nc3ccccn3)cc12. The van der Waals surface area contributed by atoms with Crippen molar-refractivity contribution in [2.45, 2.75) is 46.2 Å². The molecule has 1 fully saturated rings. The Morgan fingerprint density at radius 2 is 2.03 bits per heavy atom. The molecule has 0 radical (unpaired) electrons. The summed E-state index contributed by atoms with van der Waals surface area (Å²) in [7, 11) is 0. The molecule has 1 saturated carbocycles. The summed E-state index contributed by atoms with van der Waals surface area (Å²) in [5.74, 6) is 0.0402. The highest BCUT2D eigenvalue weighted by Gasteiger charge is 2.30. The molecule has 1 aliphatic rings. The lowest BCUT2D eigenvalue weighted by Crippen LogP contribution is -2.35. The quantitative estimate of drug-likeness (QED) is 0.610. The van der Waals surface area contributed by atoms with E-state index in [0.717, 1.165) is 17.4 Å². The molecule has 3 N–H and O–H groups in total. The molecule has 0 aliphatic heterocycles. The molecule has 0 atom stereocenters. The number of carbonyl (C=O) groups is 1. The van der Waals surface area contributed by atoms with Crippen LogP contribution in [0.5, 0.6) is 5.88 Å². The maximum atomic E-state index is 13.0. The van der Waals surface area contributed by atoms with Crippen LogP contribution in [-0.4, -0.2) is 36.2 Å². The van der Waals surface area contributed by atoms with Crippen LogP contribution in [-0.2, 0) is 6.54 Å². The van der Waals surface area contributed by atoms with Crippen LogP contribution < -0.4 is 16.2 Å². The second kappa shape index (κ2) is 6.91. The van der Waals surface area contributed by atoms with E-state index in [2.05, 4.69) is 20.7 Å². The Hall–Kier alpha value is -3.36. The lowest BCUT2D eigenvalue weighted by molar-refractivity contribution is 0.0944. The molecule has 29 heavy (non-hydrogen) atoms. The summed E-state index contributed by atoms with van der Waals surface area (Å²) < 4.78 is 2.71. The van der Waals surface area contributed by atoms with E-state index in [9.17, 15) is 14.7 Å². The topological polar surface area (TPSA) is 114 Å². The monoisotopic (exact) mass is 396 g/mol. The van der Waals surface area contributed by atoms with Gasteiger partial charge in [-0.25, -0.2) is 4.98 Å². The number of amides is 1. The summed E-state index contributed by atoms with van der Waals surface area (Å²) in [5, 5.41) is 21.0. The van der Waals surface area contributed by atoms with Gasteiger partial charge in [0.1, 0.15) is 11.5 Å². The number of carbonyl (C=O) groups excluding carboxylic acids is 1. The number of fused-ring (bicyclic) bond motifs is 1. The van der Waals surface area contributed by atoms with Crippen LogP contribution >= 0.6 is 0 Å². The lowest BCUT2D eigenvalue weighted by atomic mass is 9.96. The summed E-state index contributed by atoms with van der Waals surface area (Å²) in [5.41, 5.74) is -0.768. The predicted molar refractivity (Wildman–Crippen MR) is 109 cm³/mol. The van der Waals surface area contributed by atoms with Crippen molar-refractivity contribution in [1.82, 2.24) is 24.5 Å². The second-order valence-corrected chi connectivity index (χ2v) is 8.54. The Bertz CT molecular complexity index is 1120. The third-order valence-electron chi connectivity index (χ3n) is 4.55. The van der Waals surface area contributed by atoms with Gasteiger partial charge in [0.05, 0.1) is 0 Å². The average Bonchev–Trinajstić information content (AvgIpc) is 3.35. The van der Waals surface area contributed by atoms with Gasteiger partial charge in [-0.3, -0.25) is 14.2 Å². The van der Waals surface area contributed by atoms with E-state index in [-0.39, 0.29) is 22.9 Å². The van der Waals surface area contributed by atoms with Crippen molar-refractivity contribution in [3.05, 3.63) is 46.4 Å². The largest absolute Gasteiger partial charge is 0.494 e. The molecule has 9 nitrogen and oxygen atoms in total. The van der Waals surface area contributed by atoms with Gasteiger partial charge in [-0.1, -0.05) is 26.8 Å². The number of anilines is 2.